The van der Waals surface area contributed by atoms with Crippen LogP contribution < -0.4 is 16.1 Å². The minimum absolute atomic E-state index is 0.130. The number of nitrogens with two attached hydrogens (primary N) is 1. The zero-order valence-corrected chi connectivity index (χ0v) is 24.0. The molecule has 0 amide bonds. The van der Waals surface area contributed by atoms with Gasteiger partial charge < -0.3 is 24.2 Å². The van der Waals surface area contributed by atoms with Crippen LogP contribution in [0.1, 0.15) is 40.7 Å². The van der Waals surface area contributed by atoms with Gasteiger partial charge in [-0.05, 0) is 34.8 Å². The van der Waals surface area contributed by atoms with Crippen molar-refractivity contribution in [3.8, 4) is 0 Å². The maximum absolute atomic E-state index is 7.26. The molecule has 1 saturated heterocycles. The summed E-state index contributed by atoms with van der Waals surface area (Å²) < 4.78 is 22.2. The first-order valence-electron chi connectivity index (χ1n) is 13.3. The molecule has 3 heterocycles. The van der Waals surface area contributed by atoms with Crippen LogP contribution in [0.5, 0.6) is 0 Å². The maximum Gasteiger partial charge on any atom is 0.261 e. The molecule has 2 aromatic heterocycles. The Labute approximate surface area is 230 Å². The van der Waals surface area contributed by atoms with E-state index in [1.165, 1.54) is 16.7 Å². The fourth-order valence-corrected chi connectivity index (χ4v) is 10.7. The van der Waals surface area contributed by atoms with Gasteiger partial charge in [-0.3, -0.25) is 0 Å². The van der Waals surface area contributed by atoms with Crippen molar-refractivity contribution in [2.24, 2.45) is 0 Å². The normalized spacial score (nSPS) is 22.7. The lowest BCUT2D eigenvalue weighted by atomic mass is 10.1. The van der Waals surface area contributed by atoms with Gasteiger partial charge in [0.25, 0.3) is 8.32 Å². The molecule has 39 heavy (non-hydrogen) atoms. The molecule has 4 aromatic rings. The summed E-state index contributed by atoms with van der Waals surface area (Å²) in [4.78, 5) is 13.1. The van der Waals surface area contributed by atoms with E-state index in [0.29, 0.717) is 23.6 Å². The molecule has 1 fully saturated rings. The van der Waals surface area contributed by atoms with E-state index >= 15 is 0 Å². The minimum atomic E-state index is -2.73. The molecular formula is C30H35N5O3Si. The summed E-state index contributed by atoms with van der Waals surface area (Å²) in [7, 11) is -2.73. The molecule has 0 spiro atoms. The first kappa shape index (κ1) is 25.9. The molecule has 202 valence electrons. The van der Waals surface area contributed by atoms with Crippen molar-refractivity contribution < 1.29 is 13.9 Å². The molecule has 8 nitrogen and oxygen atoms in total. The van der Waals surface area contributed by atoms with Crippen LogP contribution in [-0.4, -0.2) is 52.4 Å². The molecule has 3 atom stereocenters. The lowest BCUT2D eigenvalue weighted by Crippen LogP contribution is -2.66. The van der Waals surface area contributed by atoms with E-state index in [4.69, 9.17) is 19.6 Å². The molecule has 0 saturated carbocycles. The van der Waals surface area contributed by atoms with Crippen molar-refractivity contribution in [3.63, 3.8) is 0 Å². The molecule has 0 unspecified atom stereocenters. The quantitative estimate of drug-likeness (QED) is 0.291. The second kappa shape index (κ2) is 9.37. The second-order valence-corrected chi connectivity index (χ2v) is 16.1. The Kier molecular flexibility index (Phi) is 6.22. The molecule has 2 aliphatic rings. The highest BCUT2D eigenvalue weighted by Crippen LogP contribution is 2.45. The van der Waals surface area contributed by atoms with Crippen LogP contribution in [0.25, 0.3) is 11.2 Å². The summed E-state index contributed by atoms with van der Waals surface area (Å²) in [5.74, 6) is -0.369. The van der Waals surface area contributed by atoms with E-state index in [9.17, 15) is 0 Å². The molecule has 2 N–H and O–H groups in total. The van der Waals surface area contributed by atoms with E-state index in [0.717, 1.165) is 5.57 Å². The molecule has 1 aliphatic heterocycles. The summed E-state index contributed by atoms with van der Waals surface area (Å²) >= 11 is 0. The first-order chi connectivity index (χ1) is 18.6. The Morgan fingerprint density at radius 1 is 0.949 bits per heavy atom. The summed E-state index contributed by atoms with van der Waals surface area (Å²) in [6.45, 7) is 11.2. The lowest BCUT2D eigenvalue weighted by Gasteiger charge is -2.43. The van der Waals surface area contributed by atoms with E-state index in [1.807, 2.05) is 18.4 Å². The number of rotatable bonds is 6. The highest BCUT2D eigenvalue weighted by atomic mass is 28.4. The summed E-state index contributed by atoms with van der Waals surface area (Å²) in [5.41, 5.74) is 8.39. The Balaban J connectivity index is 1.42. The number of benzene rings is 2. The summed E-state index contributed by atoms with van der Waals surface area (Å²) in [5, 5.41) is 2.36. The first-order valence-corrected chi connectivity index (χ1v) is 15.3. The van der Waals surface area contributed by atoms with E-state index < -0.39 is 14.1 Å². The van der Waals surface area contributed by atoms with Gasteiger partial charge >= 0.3 is 0 Å². The van der Waals surface area contributed by atoms with E-state index in [-0.39, 0.29) is 23.3 Å². The van der Waals surface area contributed by atoms with Gasteiger partial charge in [-0.25, -0.2) is 15.0 Å². The fraction of sp³-hybridized carbons (Fsp3) is 0.367. The molecule has 9 heteroatoms. The number of hydrogen-bond donors (Lipinski definition) is 1. The van der Waals surface area contributed by atoms with Gasteiger partial charge in [0, 0.05) is 0 Å². The van der Waals surface area contributed by atoms with Crippen LogP contribution in [0.15, 0.2) is 85.0 Å². The number of fused-ring (bicyclic) bond motifs is 2. The average molecular weight is 542 g/mol. The van der Waals surface area contributed by atoms with Crippen LogP contribution in [0.2, 0.25) is 5.04 Å². The molecule has 0 bridgehead atoms. The highest BCUT2D eigenvalue weighted by Gasteiger charge is 2.54. The lowest BCUT2D eigenvalue weighted by molar-refractivity contribution is -0.148. The number of imidazole rings is 1. The van der Waals surface area contributed by atoms with Crippen molar-refractivity contribution in [1.82, 2.24) is 19.5 Å². The van der Waals surface area contributed by atoms with Crippen molar-refractivity contribution >= 4 is 35.7 Å². The van der Waals surface area contributed by atoms with Gasteiger partial charge in [0.15, 0.2) is 17.3 Å². The Bertz CT molecular complexity index is 1470. The van der Waals surface area contributed by atoms with Gasteiger partial charge in [-0.1, -0.05) is 87.5 Å². The fourth-order valence-electron chi connectivity index (χ4n) is 6.14. The van der Waals surface area contributed by atoms with Crippen LogP contribution in [0.3, 0.4) is 0 Å². The Morgan fingerprint density at radius 3 is 2.21 bits per heavy atom. The topological polar surface area (TPSA) is 97.3 Å². The van der Waals surface area contributed by atoms with E-state index in [1.54, 1.807) is 6.33 Å². The van der Waals surface area contributed by atoms with Crippen LogP contribution in [0, 0.1) is 0 Å². The average Bonchev–Trinajstić information content (AvgIpc) is 3.56. The second-order valence-electron chi connectivity index (χ2n) is 11.8. The van der Waals surface area contributed by atoms with Crippen molar-refractivity contribution in [2.45, 2.75) is 63.7 Å². The zero-order chi connectivity index (χ0) is 27.4. The number of ether oxygens (including phenoxy) is 2. The number of nitrogen functional groups attached to an aromatic ring is 1. The third kappa shape index (κ3) is 4.30. The largest absolute Gasteiger partial charge is 0.403 e. The number of hydrogen-bond acceptors (Lipinski definition) is 7. The smallest absolute Gasteiger partial charge is 0.261 e. The number of anilines is 1. The monoisotopic (exact) mass is 541 g/mol. The van der Waals surface area contributed by atoms with Crippen molar-refractivity contribution in [1.29, 1.82) is 0 Å². The number of aromatic nitrogens is 4. The minimum Gasteiger partial charge on any atom is -0.403 e. The molecular weight excluding hydrogens is 506 g/mol. The highest BCUT2D eigenvalue weighted by molar-refractivity contribution is 6.99. The standard InChI is InChI=1S/C30H35N5O3Si/c1-29(2,3)39(21-12-8-6-9-13-21,22-14-10-7-11-15-22)36-17-20-16-23(26-25(20)37-30(4,5)38-26)35-19-34-24-27(31)32-18-33-28(24)35/h6-16,18-19,23,25-26H,17H2,1-5H3,(H2,31,32,33)/t23-,25-,26+/m1/s1. The predicted molar refractivity (Wildman–Crippen MR) is 154 cm³/mol. The maximum atomic E-state index is 7.26. The Hall–Kier alpha value is -3.37. The van der Waals surface area contributed by atoms with Gasteiger partial charge in [-0.15, -0.1) is 0 Å². The van der Waals surface area contributed by atoms with Crippen LogP contribution >= 0.6 is 0 Å². The van der Waals surface area contributed by atoms with Gasteiger partial charge in [0.2, 0.25) is 0 Å². The van der Waals surface area contributed by atoms with Crippen molar-refractivity contribution in [2.75, 3.05) is 12.3 Å². The predicted octanol–water partition coefficient (Wildman–Crippen LogP) is 3.99. The molecule has 0 radical (unpaired) electrons. The molecule has 2 aromatic carbocycles. The third-order valence-electron chi connectivity index (χ3n) is 7.80. The van der Waals surface area contributed by atoms with Gasteiger partial charge in [-0.2, -0.15) is 0 Å². The van der Waals surface area contributed by atoms with Gasteiger partial charge in [0.05, 0.1) is 19.0 Å². The van der Waals surface area contributed by atoms with E-state index in [2.05, 4.69) is 102 Å². The summed E-state index contributed by atoms with van der Waals surface area (Å²) in [6.07, 6.45) is 4.93. The van der Waals surface area contributed by atoms with Crippen molar-refractivity contribution in [3.05, 3.63) is 85.0 Å². The zero-order valence-electron chi connectivity index (χ0n) is 23.0. The van der Waals surface area contributed by atoms with Crippen LogP contribution in [0.4, 0.5) is 5.82 Å². The summed E-state index contributed by atoms with van der Waals surface area (Å²) in [6, 6.07) is 21.2. The molecule has 6 rings (SSSR count). The Morgan fingerprint density at radius 2 is 1.59 bits per heavy atom. The SMILES string of the molecule is CC1(C)O[C@@H]2[C@H](O1)C(CO[Si](c1ccccc1)(c1ccccc1)C(C)(C)C)=C[C@H]2n1cnc2c(N)ncnc21. The third-order valence-corrected chi connectivity index (χ3v) is 12.8. The molecule has 1 aliphatic carbocycles. The van der Waals surface area contributed by atoms with Crippen LogP contribution in [-0.2, 0) is 13.9 Å². The number of nitrogens with zero attached hydrogens (tertiary/aromatic N) is 4. The van der Waals surface area contributed by atoms with Gasteiger partial charge in [0.1, 0.15) is 24.1 Å².